The lowest BCUT2D eigenvalue weighted by Gasteiger charge is -2.15. The summed E-state index contributed by atoms with van der Waals surface area (Å²) in [5, 5.41) is 0. The summed E-state index contributed by atoms with van der Waals surface area (Å²) in [5.41, 5.74) is 7.16. The minimum absolute atomic E-state index is 0.00615. The van der Waals surface area contributed by atoms with Crippen LogP contribution in [0, 0.1) is 0 Å². The first-order chi connectivity index (χ1) is 10.2. The summed E-state index contributed by atoms with van der Waals surface area (Å²) in [7, 11) is 0. The van der Waals surface area contributed by atoms with Crippen LogP contribution in [0.5, 0.6) is 17.2 Å². The van der Waals surface area contributed by atoms with E-state index in [4.69, 9.17) is 15.2 Å². The third kappa shape index (κ3) is 4.23. The maximum atomic E-state index is 6.13. The van der Waals surface area contributed by atoms with Crippen molar-refractivity contribution in [3.05, 3.63) is 54.1 Å². The van der Waals surface area contributed by atoms with Crippen LogP contribution in [0.1, 0.15) is 38.3 Å². The van der Waals surface area contributed by atoms with Gasteiger partial charge in [0.2, 0.25) is 0 Å². The second-order valence-corrected chi connectivity index (χ2v) is 4.97. The van der Waals surface area contributed by atoms with Crippen LogP contribution >= 0.6 is 0 Å². The van der Waals surface area contributed by atoms with Gasteiger partial charge in [-0.3, -0.25) is 0 Å². The molecule has 0 radical (unpaired) electrons. The first-order valence-corrected chi connectivity index (χ1v) is 7.49. The van der Waals surface area contributed by atoms with Gasteiger partial charge in [-0.2, -0.15) is 0 Å². The molecule has 0 fully saturated rings. The minimum Gasteiger partial charge on any atom is -0.494 e. The summed E-state index contributed by atoms with van der Waals surface area (Å²) in [6, 6.07) is 15.6. The van der Waals surface area contributed by atoms with Crippen molar-refractivity contribution >= 4 is 0 Å². The van der Waals surface area contributed by atoms with Crippen LogP contribution in [0.2, 0.25) is 0 Å². The van der Waals surface area contributed by atoms with E-state index >= 15 is 0 Å². The molecule has 21 heavy (non-hydrogen) atoms. The van der Waals surface area contributed by atoms with Gasteiger partial charge in [-0.05, 0) is 43.2 Å². The van der Waals surface area contributed by atoms with E-state index in [9.17, 15) is 0 Å². The highest BCUT2D eigenvalue weighted by Gasteiger charge is 2.10. The summed E-state index contributed by atoms with van der Waals surface area (Å²) in [6.45, 7) is 4.89. The predicted molar refractivity (Wildman–Crippen MR) is 86.0 cm³/mol. The molecule has 2 N–H and O–H groups in total. The Bertz CT molecular complexity index is 551. The summed E-state index contributed by atoms with van der Waals surface area (Å²) >= 11 is 0. The predicted octanol–water partition coefficient (Wildman–Crippen LogP) is 4.68. The quantitative estimate of drug-likeness (QED) is 0.803. The lowest BCUT2D eigenvalue weighted by atomic mass is 10.0. The third-order valence-electron chi connectivity index (χ3n) is 3.28. The molecular formula is C18H23NO2. The van der Waals surface area contributed by atoms with Gasteiger partial charge in [0.1, 0.15) is 17.2 Å². The normalized spacial score (nSPS) is 12.0. The van der Waals surface area contributed by atoms with E-state index in [2.05, 4.69) is 13.8 Å². The van der Waals surface area contributed by atoms with Gasteiger partial charge in [0.15, 0.2) is 0 Å². The molecule has 1 atom stereocenters. The van der Waals surface area contributed by atoms with E-state index in [0.717, 1.165) is 42.3 Å². The zero-order valence-electron chi connectivity index (χ0n) is 12.7. The number of hydrogen-bond donors (Lipinski definition) is 1. The fourth-order valence-electron chi connectivity index (χ4n) is 2.05. The maximum Gasteiger partial charge on any atom is 0.132 e. The van der Waals surface area contributed by atoms with Crippen molar-refractivity contribution in [2.24, 2.45) is 5.73 Å². The zero-order chi connectivity index (χ0) is 15.1. The summed E-state index contributed by atoms with van der Waals surface area (Å²) < 4.78 is 11.5. The van der Waals surface area contributed by atoms with E-state index in [-0.39, 0.29) is 6.04 Å². The van der Waals surface area contributed by atoms with Crippen molar-refractivity contribution in [1.29, 1.82) is 0 Å². The molecule has 2 rings (SSSR count). The highest BCUT2D eigenvalue weighted by molar-refractivity contribution is 5.40. The molecule has 0 aliphatic carbocycles. The summed E-state index contributed by atoms with van der Waals surface area (Å²) in [6.07, 6.45) is 1.88. The van der Waals surface area contributed by atoms with Gasteiger partial charge in [-0.25, -0.2) is 0 Å². The van der Waals surface area contributed by atoms with E-state index < -0.39 is 0 Å². The Balaban J connectivity index is 2.11. The molecule has 0 saturated heterocycles. The van der Waals surface area contributed by atoms with Crippen LogP contribution in [-0.4, -0.2) is 6.61 Å². The molecule has 0 aliphatic rings. The SMILES string of the molecule is CCCOc1ccc(Oc2ccccc2C(N)CC)cc1. The minimum atomic E-state index is -0.00615. The lowest BCUT2D eigenvalue weighted by molar-refractivity contribution is 0.317. The molecule has 2 aromatic carbocycles. The van der Waals surface area contributed by atoms with Crippen molar-refractivity contribution in [3.8, 4) is 17.2 Å². The monoisotopic (exact) mass is 285 g/mol. The molecule has 0 aromatic heterocycles. The molecule has 0 amide bonds. The molecule has 2 aromatic rings. The highest BCUT2D eigenvalue weighted by atomic mass is 16.5. The average molecular weight is 285 g/mol. The molecule has 0 aliphatic heterocycles. The van der Waals surface area contributed by atoms with Crippen molar-refractivity contribution in [2.45, 2.75) is 32.7 Å². The number of ether oxygens (including phenoxy) is 2. The Morgan fingerprint density at radius 2 is 1.62 bits per heavy atom. The van der Waals surface area contributed by atoms with Gasteiger partial charge < -0.3 is 15.2 Å². The van der Waals surface area contributed by atoms with Gasteiger partial charge in [0.25, 0.3) is 0 Å². The molecular weight excluding hydrogens is 262 g/mol. The fraction of sp³-hybridized carbons (Fsp3) is 0.333. The van der Waals surface area contributed by atoms with Crippen molar-refractivity contribution < 1.29 is 9.47 Å². The standard InChI is InChI=1S/C18H23NO2/c1-3-13-20-14-9-11-15(12-10-14)21-18-8-6-5-7-16(18)17(19)4-2/h5-12,17H,3-4,13,19H2,1-2H3. The topological polar surface area (TPSA) is 44.5 Å². The van der Waals surface area contributed by atoms with Gasteiger partial charge in [-0.1, -0.05) is 32.0 Å². The lowest BCUT2D eigenvalue weighted by Crippen LogP contribution is -2.09. The first-order valence-electron chi connectivity index (χ1n) is 7.49. The largest absolute Gasteiger partial charge is 0.494 e. The Hall–Kier alpha value is -2.00. The van der Waals surface area contributed by atoms with Crippen LogP contribution in [0.4, 0.5) is 0 Å². The number of rotatable bonds is 7. The molecule has 3 nitrogen and oxygen atoms in total. The molecule has 0 saturated carbocycles. The van der Waals surface area contributed by atoms with Gasteiger partial charge in [0.05, 0.1) is 6.61 Å². The Morgan fingerprint density at radius 3 is 2.29 bits per heavy atom. The second kappa shape index (κ2) is 7.70. The molecule has 112 valence electrons. The summed E-state index contributed by atoms with van der Waals surface area (Å²) in [5.74, 6) is 2.46. The smallest absolute Gasteiger partial charge is 0.132 e. The number of benzene rings is 2. The molecule has 1 unspecified atom stereocenters. The van der Waals surface area contributed by atoms with Gasteiger partial charge in [-0.15, -0.1) is 0 Å². The van der Waals surface area contributed by atoms with E-state index in [0.29, 0.717) is 0 Å². The number of para-hydroxylation sites is 1. The number of nitrogens with two attached hydrogens (primary N) is 1. The van der Waals surface area contributed by atoms with Crippen molar-refractivity contribution in [1.82, 2.24) is 0 Å². The second-order valence-electron chi connectivity index (χ2n) is 4.97. The zero-order valence-corrected chi connectivity index (χ0v) is 12.7. The summed E-state index contributed by atoms with van der Waals surface area (Å²) in [4.78, 5) is 0. The van der Waals surface area contributed by atoms with Crippen LogP contribution in [-0.2, 0) is 0 Å². The Kier molecular flexibility index (Phi) is 5.64. The first kappa shape index (κ1) is 15.4. The van der Waals surface area contributed by atoms with Crippen molar-refractivity contribution in [2.75, 3.05) is 6.61 Å². The molecule has 0 bridgehead atoms. The van der Waals surface area contributed by atoms with Gasteiger partial charge in [0, 0.05) is 11.6 Å². The van der Waals surface area contributed by atoms with E-state index in [1.807, 2.05) is 48.5 Å². The van der Waals surface area contributed by atoms with Crippen LogP contribution in [0.15, 0.2) is 48.5 Å². The van der Waals surface area contributed by atoms with Crippen LogP contribution in [0.25, 0.3) is 0 Å². The van der Waals surface area contributed by atoms with Crippen molar-refractivity contribution in [3.63, 3.8) is 0 Å². The maximum absolute atomic E-state index is 6.13. The molecule has 0 heterocycles. The fourth-order valence-corrected chi connectivity index (χ4v) is 2.05. The Morgan fingerprint density at radius 1 is 0.952 bits per heavy atom. The van der Waals surface area contributed by atoms with E-state index in [1.54, 1.807) is 0 Å². The average Bonchev–Trinajstić information content (AvgIpc) is 2.54. The Labute approximate surface area is 126 Å². The molecule has 0 spiro atoms. The van der Waals surface area contributed by atoms with Crippen LogP contribution in [0.3, 0.4) is 0 Å². The highest BCUT2D eigenvalue weighted by Crippen LogP contribution is 2.30. The molecule has 3 heteroatoms. The number of hydrogen-bond acceptors (Lipinski definition) is 3. The van der Waals surface area contributed by atoms with Gasteiger partial charge >= 0.3 is 0 Å². The third-order valence-corrected chi connectivity index (χ3v) is 3.28. The van der Waals surface area contributed by atoms with Crippen LogP contribution < -0.4 is 15.2 Å². The van der Waals surface area contributed by atoms with E-state index in [1.165, 1.54) is 0 Å².